The first-order valence-corrected chi connectivity index (χ1v) is 24.8. The number of hydrogen-bond donors (Lipinski definition) is 3. The van der Waals surface area contributed by atoms with Gasteiger partial charge in [0.1, 0.15) is 6.10 Å². The topological polar surface area (TPSA) is 95.9 Å². The van der Waals surface area contributed by atoms with Crippen molar-refractivity contribution >= 4 is 11.9 Å². The molecule has 328 valence electrons. The molecular weight excluding hydrogens is 683 g/mol. The lowest BCUT2D eigenvalue weighted by Crippen LogP contribution is -2.46. The highest BCUT2D eigenvalue weighted by molar-refractivity contribution is 5.77. The Morgan fingerprint density at radius 1 is 0.455 bits per heavy atom. The van der Waals surface area contributed by atoms with E-state index in [9.17, 15) is 19.8 Å². The Bertz CT molecular complexity index is 791. The summed E-state index contributed by atoms with van der Waals surface area (Å²) in [6, 6.07) is -0.690. The van der Waals surface area contributed by atoms with Gasteiger partial charge in [0.25, 0.3) is 0 Å². The smallest absolute Gasteiger partial charge is 0.306 e. The third kappa shape index (κ3) is 39.5. The molecule has 0 aromatic rings. The fraction of sp³-hybridized carbons (Fsp3) is 0.959. The molecule has 0 aromatic carbocycles. The Labute approximate surface area is 343 Å². The SMILES string of the molecule is CCCCCCCCCCCCCCCCCCCC(O)C(CO)NC(=O)CC(CCCCCCCCCCC)OC(=O)CCCCCCCCCCCC. The first-order valence-electron chi connectivity index (χ1n) is 24.8. The molecule has 6 heteroatoms. The molecule has 6 nitrogen and oxygen atoms in total. The van der Waals surface area contributed by atoms with E-state index in [1.165, 1.54) is 186 Å². The highest BCUT2D eigenvalue weighted by atomic mass is 16.5. The number of aliphatic hydroxyl groups is 2. The van der Waals surface area contributed by atoms with Crippen LogP contribution in [0.3, 0.4) is 0 Å². The standard InChI is InChI=1S/C49H97NO5/c1-4-7-10-13-16-19-21-22-23-24-25-26-27-29-32-35-38-41-47(52)46(44-51)50-48(53)43-45(40-37-34-31-28-18-15-12-9-6-3)55-49(54)42-39-36-33-30-20-17-14-11-8-5-2/h45-47,51-52H,4-44H2,1-3H3,(H,50,53). The van der Waals surface area contributed by atoms with Gasteiger partial charge in [-0.25, -0.2) is 0 Å². The van der Waals surface area contributed by atoms with Crippen molar-refractivity contribution < 1.29 is 24.5 Å². The van der Waals surface area contributed by atoms with E-state index in [0.717, 1.165) is 44.9 Å². The zero-order valence-electron chi connectivity index (χ0n) is 37.3. The molecular formula is C49H97NO5. The number of amides is 1. The number of aliphatic hydroxyl groups excluding tert-OH is 2. The second-order valence-corrected chi connectivity index (χ2v) is 17.2. The largest absolute Gasteiger partial charge is 0.462 e. The molecule has 0 saturated carbocycles. The lowest BCUT2D eigenvalue weighted by atomic mass is 10.0. The van der Waals surface area contributed by atoms with Gasteiger partial charge in [-0.15, -0.1) is 0 Å². The average molecular weight is 780 g/mol. The zero-order chi connectivity index (χ0) is 40.3. The monoisotopic (exact) mass is 780 g/mol. The molecule has 0 rings (SSSR count). The normalized spacial score (nSPS) is 13.2. The predicted octanol–water partition coefficient (Wildman–Crippen LogP) is 14.4. The van der Waals surface area contributed by atoms with Crippen LogP contribution in [0, 0.1) is 0 Å². The van der Waals surface area contributed by atoms with Gasteiger partial charge in [0.15, 0.2) is 0 Å². The van der Waals surface area contributed by atoms with Crippen LogP contribution in [0.2, 0.25) is 0 Å². The van der Waals surface area contributed by atoms with E-state index in [2.05, 4.69) is 26.1 Å². The minimum atomic E-state index is -0.778. The van der Waals surface area contributed by atoms with E-state index in [0.29, 0.717) is 19.3 Å². The maximum atomic E-state index is 13.1. The summed E-state index contributed by atoms with van der Waals surface area (Å²) in [5.74, 6) is -0.459. The van der Waals surface area contributed by atoms with Gasteiger partial charge < -0.3 is 20.3 Å². The molecule has 0 aliphatic heterocycles. The maximum Gasteiger partial charge on any atom is 0.306 e. The van der Waals surface area contributed by atoms with Gasteiger partial charge in [0.05, 0.1) is 25.2 Å². The first kappa shape index (κ1) is 53.9. The number of carbonyl (C=O) groups excluding carboxylic acids is 2. The van der Waals surface area contributed by atoms with Gasteiger partial charge in [0.2, 0.25) is 5.91 Å². The molecule has 0 spiro atoms. The summed E-state index contributed by atoms with van der Waals surface area (Å²) in [4.78, 5) is 25.9. The molecule has 3 unspecified atom stereocenters. The Morgan fingerprint density at radius 3 is 1.11 bits per heavy atom. The molecule has 3 N–H and O–H groups in total. The minimum absolute atomic E-state index is 0.0864. The van der Waals surface area contributed by atoms with Crippen LogP contribution in [0.5, 0.6) is 0 Å². The van der Waals surface area contributed by atoms with E-state index in [-0.39, 0.29) is 24.9 Å². The predicted molar refractivity (Wildman–Crippen MR) is 237 cm³/mol. The molecule has 0 aliphatic carbocycles. The van der Waals surface area contributed by atoms with Gasteiger partial charge in [-0.3, -0.25) is 9.59 Å². The first-order chi connectivity index (χ1) is 27.0. The van der Waals surface area contributed by atoms with Crippen molar-refractivity contribution in [3.05, 3.63) is 0 Å². The fourth-order valence-corrected chi connectivity index (χ4v) is 7.90. The molecule has 0 heterocycles. The number of ether oxygens (including phenoxy) is 1. The molecule has 1 amide bonds. The van der Waals surface area contributed by atoms with Gasteiger partial charge in [-0.05, 0) is 25.7 Å². The zero-order valence-corrected chi connectivity index (χ0v) is 37.3. The second kappa shape index (κ2) is 44.0. The molecule has 0 aromatic heterocycles. The summed E-state index contributed by atoms with van der Waals surface area (Å²) in [6.45, 7) is 6.48. The summed E-state index contributed by atoms with van der Waals surface area (Å²) in [5.41, 5.74) is 0. The van der Waals surface area contributed by atoms with Crippen LogP contribution in [-0.2, 0) is 14.3 Å². The highest BCUT2D eigenvalue weighted by Crippen LogP contribution is 2.18. The van der Waals surface area contributed by atoms with Crippen LogP contribution >= 0.6 is 0 Å². The van der Waals surface area contributed by atoms with E-state index in [1.807, 2.05) is 0 Å². The van der Waals surface area contributed by atoms with E-state index in [1.54, 1.807) is 0 Å². The Balaban J connectivity index is 4.36. The minimum Gasteiger partial charge on any atom is -0.462 e. The van der Waals surface area contributed by atoms with Crippen molar-refractivity contribution in [2.45, 2.75) is 296 Å². The maximum absolute atomic E-state index is 13.1. The van der Waals surface area contributed by atoms with Gasteiger partial charge in [-0.2, -0.15) is 0 Å². The lowest BCUT2D eigenvalue weighted by molar-refractivity contribution is -0.151. The number of hydrogen-bond acceptors (Lipinski definition) is 5. The van der Waals surface area contributed by atoms with Gasteiger partial charge in [0, 0.05) is 6.42 Å². The Hall–Kier alpha value is -1.14. The van der Waals surface area contributed by atoms with Crippen molar-refractivity contribution in [1.82, 2.24) is 5.32 Å². The van der Waals surface area contributed by atoms with Crippen LogP contribution in [0.15, 0.2) is 0 Å². The fourth-order valence-electron chi connectivity index (χ4n) is 7.90. The molecule has 0 radical (unpaired) electrons. The highest BCUT2D eigenvalue weighted by Gasteiger charge is 2.24. The van der Waals surface area contributed by atoms with Crippen molar-refractivity contribution in [2.75, 3.05) is 6.61 Å². The van der Waals surface area contributed by atoms with Crippen LogP contribution in [0.1, 0.15) is 278 Å². The van der Waals surface area contributed by atoms with Crippen LogP contribution < -0.4 is 5.32 Å². The summed E-state index contributed by atoms with van der Waals surface area (Å²) < 4.78 is 5.89. The third-order valence-electron chi connectivity index (χ3n) is 11.7. The average Bonchev–Trinajstić information content (AvgIpc) is 3.18. The Morgan fingerprint density at radius 2 is 0.764 bits per heavy atom. The third-order valence-corrected chi connectivity index (χ3v) is 11.7. The van der Waals surface area contributed by atoms with Crippen LogP contribution in [0.25, 0.3) is 0 Å². The van der Waals surface area contributed by atoms with Gasteiger partial charge >= 0.3 is 5.97 Å². The molecule has 3 atom stereocenters. The van der Waals surface area contributed by atoms with Crippen molar-refractivity contribution in [1.29, 1.82) is 0 Å². The van der Waals surface area contributed by atoms with Crippen molar-refractivity contribution in [2.24, 2.45) is 0 Å². The summed E-state index contributed by atoms with van der Waals surface area (Å²) in [6.07, 6.45) is 46.0. The quantitative estimate of drug-likeness (QED) is 0.0422. The van der Waals surface area contributed by atoms with Crippen LogP contribution in [-0.4, -0.2) is 46.9 Å². The number of nitrogens with one attached hydrogen (secondary N) is 1. The molecule has 0 aliphatic rings. The van der Waals surface area contributed by atoms with E-state index in [4.69, 9.17) is 4.74 Å². The molecule has 0 saturated heterocycles. The molecule has 0 bridgehead atoms. The number of rotatable bonds is 45. The summed E-state index contributed by atoms with van der Waals surface area (Å²) >= 11 is 0. The summed E-state index contributed by atoms with van der Waals surface area (Å²) in [5, 5.41) is 23.7. The van der Waals surface area contributed by atoms with E-state index >= 15 is 0 Å². The van der Waals surface area contributed by atoms with E-state index < -0.39 is 18.2 Å². The Kier molecular flexibility index (Phi) is 43.1. The number of carbonyl (C=O) groups is 2. The van der Waals surface area contributed by atoms with Gasteiger partial charge in [-0.1, -0.05) is 239 Å². The summed E-state index contributed by atoms with van der Waals surface area (Å²) in [7, 11) is 0. The second-order valence-electron chi connectivity index (χ2n) is 17.2. The van der Waals surface area contributed by atoms with Crippen molar-refractivity contribution in [3.8, 4) is 0 Å². The number of unbranched alkanes of at least 4 members (excludes halogenated alkanes) is 33. The lowest BCUT2D eigenvalue weighted by Gasteiger charge is -2.24. The number of esters is 1. The van der Waals surface area contributed by atoms with Crippen molar-refractivity contribution in [3.63, 3.8) is 0 Å². The van der Waals surface area contributed by atoms with Crippen LogP contribution in [0.4, 0.5) is 0 Å². The molecule has 55 heavy (non-hydrogen) atoms. The molecule has 0 fully saturated rings.